The van der Waals surface area contributed by atoms with Gasteiger partial charge in [-0.15, -0.1) is 0 Å². The van der Waals surface area contributed by atoms with Gasteiger partial charge in [0.25, 0.3) is 0 Å². The van der Waals surface area contributed by atoms with Gasteiger partial charge in [0.1, 0.15) is 18.1 Å². The van der Waals surface area contributed by atoms with Crippen LogP contribution in [-0.4, -0.2) is 0 Å². The van der Waals surface area contributed by atoms with Gasteiger partial charge in [0.05, 0.1) is 11.1 Å². The summed E-state index contributed by atoms with van der Waals surface area (Å²) >= 11 is 0. The fraction of sp³-hybridized carbons (Fsp3) is 0.171. The average Bonchev–Trinajstić information content (AvgIpc) is 3.06. The van der Waals surface area contributed by atoms with Gasteiger partial charge >= 0.3 is 0 Å². The number of unbranched alkanes of at least 4 members (excludes halogenated alkanes) is 1. The Labute approximate surface area is 220 Å². The van der Waals surface area contributed by atoms with Crippen LogP contribution in [0.4, 0.5) is 0 Å². The van der Waals surface area contributed by atoms with Crippen LogP contribution in [-0.2, 0) is 11.3 Å². The standard InChI is InChI=1S/C35H34NO/c1-4-5-23-36-26(2)32-21-19-28(20-22-33(32)27(36)3)13-12-14-29-24-34(30-15-8-6-9-16-30)37-35(25-29)31-17-10-7-11-18-31/h6-22,24-25H,4-5,23H2,1-3H3/q+1/b13-12+. The zero-order valence-corrected chi connectivity index (χ0v) is 21.9. The summed E-state index contributed by atoms with van der Waals surface area (Å²) in [5.41, 5.74) is 9.79. The van der Waals surface area contributed by atoms with Crippen molar-refractivity contribution in [1.29, 1.82) is 0 Å². The van der Waals surface area contributed by atoms with Crippen molar-refractivity contribution in [3.8, 4) is 11.1 Å². The van der Waals surface area contributed by atoms with Crippen LogP contribution >= 0.6 is 0 Å². The molecule has 2 heteroatoms. The molecule has 0 N–H and O–H groups in total. The molecule has 2 heterocycles. The van der Waals surface area contributed by atoms with Gasteiger partial charge in [-0.25, -0.2) is 0 Å². The van der Waals surface area contributed by atoms with E-state index in [1.54, 1.807) is 0 Å². The summed E-state index contributed by atoms with van der Waals surface area (Å²) in [7, 11) is 0. The monoisotopic (exact) mass is 484 g/mol. The first kappa shape index (κ1) is 24.5. The maximum Gasteiger partial charge on any atom is 0.186 e. The van der Waals surface area contributed by atoms with Crippen LogP contribution < -0.4 is 4.57 Å². The molecule has 0 atom stereocenters. The summed E-state index contributed by atoms with van der Waals surface area (Å²) < 4.78 is 8.78. The number of allylic oxidation sites excluding steroid dienone is 5. The Kier molecular flexibility index (Phi) is 7.46. The lowest BCUT2D eigenvalue weighted by molar-refractivity contribution is -0.704. The Morgan fingerprint density at radius 3 is 1.76 bits per heavy atom. The lowest BCUT2D eigenvalue weighted by Crippen LogP contribution is -2.37. The largest absolute Gasteiger partial charge is 0.456 e. The summed E-state index contributed by atoms with van der Waals surface area (Å²) in [6, 6.07) is 29.5. The van der Waals surface area contributed by atoms with E-state index < -0.39 is 0 Å². The Morgan fingerprint density at radius 1 is 0.703 bits per heavy atom. The number of aromatic nitrogens is 1. The summed E-state index contributed by atoms with van der Waals surface area (Å²) in [6.07, 6.45) is 13.1. The highest BCUT2D eigenvalue weighted by Gasteiger charge is 2.24. The minimum atomic E-state index is 0.855. The maximum absolute atomic E-state index is 6.31. The third-order valence-corrected chi connectivity index (χ3v) is 7.01. The van der Waals surface area contributed by atoms with Gasteiger partial charge in [0, 0.05) is 31.4 Å². The molecule has 1 aliphatic carbocycles. The van der Waals surface area contributed by atoms with Gasteiger partial charge in [-0.2, -0.15) is 4.57 Å². The lowest BCUT2D eigenvalue weighted by Gasteiger charge is -2.18. The molecule has 2 aliphatic heterocycles. The molecule has 2 aromatic rings. The number of benzene rings is 2. The van der Waals surface area contributed by atoms with E-state index in [0.717, 1.165) is 34.8 Å². The molecule has 0 saturated heterocycles. The van der Waals surface area contributed by atoms with Crippen molar-refractivity contribution in [3.63, 3.8) is 0 Å². The first-order valence-corrected chi connectivity index (χ1v) is 13.2. The highest BCUT2D eigenvalue weighted by Crippen LogP contribution is 2.32. The molecule has 0 bridgehead atoms. The summed E-state index contributed by atoms with van der Waals surface area (Å²) in [5, 5.41) is 0. The Morgan fingerprint density at radius 2 is 1.24 bits per heavy atom. The zero-order chi connectivity index (χ0) is 25.6. The number of ether oxygens (including phenoxy) is 1. The molecule has 0 spiro atoms. The van der Waals surface area contributed by atoms with Crippen LogP contribution in [0.5, 0.6) is 0 Å². The van der Waals surface area contributed by atoms with Crippen LogP contribution in [0.3, 0.4) is 0 Å². The van der Waals surface area contributed by atoms with Gasteiger partial charge in [0.2, 0.25) is 0 Å². The van der Waals surface area contributed by atoms with Crippen molar-refractivity contribution < 1.29 is 9.30 Å². The van der Waals surface area contributed by atoms with Crippen molar-refractivity contribution in [2.75, 3.05) is 0 Å². The first-order valence-electron chi connectivity index (χ1n) is 13.2. The van der Waals surface area contributed by atoms with E-state index in [1.807, 2.05) is 36.4 Å². The van der Waals surface area contributed by atoms with Crippen LogP contribution in [0.15, 0.2) is 115 Å². The molecule has 37 heavy (non-hydrogen) atoms. The highest BCUT2D eigenvalue weighted by atomic mass is 16.5. The average molecular weight is 485 g/mol. The Bertz CT molecular complexity index is 1380. The fourth-order valence-corrected chi connectivity index (χ4v) is 4.91. The number of rotatable bonds is 7. The second kappa shape index (κ2) is 11.3. The SMILES string of the molecule is CCCC[n+]1c(C)c2ccc(/C=C/C=C3C=C(c4ccccc4)OC(c4ccccc4)=C3)ccc-2c1C. The smallest absolute Gasteiger partial charge is 0.186 e. The van der Waals surface area contributed by atoms with Gasteiger partial charge in [-0.1, -0.05) is 104 Å². The van der Waals surface area contributed by atoms with Crippen molar-refractivity contribution in [2.24, 2.45) is 0 Å². The normalized spacial score (nSPS) is 13.4. The Balaban J connectivity index is 1.45. The summed E-state index contributed by atoms with van der Waals surface area (Å²) in [6.45, 7) is 7.82. The van der Waals surface area contributed by atoms with Crippen LogP contribution in [0.25, 0.3) is 28.7 Å². The van der Waals surface area contributed by atoms with Crippen LogP contribution in [0, 0.1) is 13.8 Å². The van der Waals surface area contributed by atoms with Crippen molar-refractivity contribution in [3.05, 3.63) is 143 Å². The quantitative estimate of drug-likeness (QED) is 0.240. The van der Waals surface area contributed by atoms with E-state index >= 15 is 0 Å². The topological polar surface area (TPSA) is 13.1 Å². The van der Waals surface area contributed by atoms with E-state index in [4.69, 9.17) is 4.74 Å². The molecule has 0 radical (unpaired) electrons. The zero-order valence-electron chi connectivity index (χ0n) is 21.9. The van der Waals surface area contributed by atoms with Crippen LogP contribution in [0.2, 0.25) is 0 Å². The minimum absolute atomic E-state index is 0.855. The molecular formula is C35H34NO+. The molecule has 3 aliphatic rings. The predicted molar refractivity (Wildman–Crippen MR) is 155 cm³/mol. The van der Waals surface area contributed by atoms with Gasteiger partial charge < -0.3 is 4.74 Å². The van der Waals surface area contributed by atoms with E-state index in [2.05, 4.69) is 104 Å². The molecule has 0 fully saturated rings. The summed E-state index contributed by atoms with van der Waals surface area (Å²) in [4.78, 5) is 0. The molecule has 2 aromatic carbocycles. The number of nitrogens with zero attached hydrogens (tertiary/aromatic N) is 1. The van der Waals surface area contributed by atoms with Crippen molar-refractivity contribution in [1.82, 2.24) is 0 Å². The maximum atomic E-state index is 6.31. The van der Waals surface area contributed by atoms with Gasteiger partial charge in [0.15, 0.2) is 11.4 Å². The van der Waals surface area contributed by atoms with E-state index in [-0.39, 0.29) is 0 Å². The molecule has 184 valence electrons. The number of fused-ring (bicyclic) bond motifs is 1. The number of hydrogen-bond donors (Lipinski definition) is 0. The summed E-state index contributed by atoms with van der Waals surface area (Å²) in [5.74, 6) is 1.71. The molecule has 0 unspecified atom stereocenters. The molecule has 0 saturated carbocycles. The molecule has 2 nitrogen and oxygen atoms in total. The molecule has 0 amide bonds. The fourth-order valence-electron chi connectivity index (χ4n) is 4.91. The second-order valence-electron chi connectivity index (χ2n) is 9.55. The molecule has 5 rings (SSSR count). The third-order valence-electron chi connectivity index (χ3n) is 7.01. The second-order valence-corrected chi connectivity index (χ2v) is 9.55. The first-order chi connectivity index (χ1) is 18.1. The third kappa shape index (κ3) is 5.49. The lowest BCUT2D eigenvalue weighted by atomic mass is 10.0. The highest BCUT2D eigenvalue weighted by molar-refractivity contribution is 5.78. The minimum Gasteiger partial charge on any atom is -0.456 e. The van der Waals surface area contributed by atoms with Gasteiger partial charge in [-0.3, -0.25) is 0 Å². The Hall–Kier alpha value is -4.17. The van der Waals surface area contributed by atoms with Crippen molar-refractivity contribution >= 4 is 17.6 Å². The molecule has 0 aromatic heterocycles. The van der Waals surface area contributed by atoms with Crippen molar-refractivity contribution in [2.45, 2.75) is 40.2 Å². The van der Waals surface area contributed by atoms with Gasteiger partial charge in [-0.05, 0) is 35.4 Å². The number of hydrogen-bond acceptors (Lipinski definition) is 1. The van der Waals surface area contributed by atoms with E-state index in [9.17, 15) is 0 Å². The molecular weight excluding hydrogens is 450 g/mol. The van der Waals surface area contributed by atoms with Crippen LogP contribution in [0.1, 0.15) is 47.8 Å². The van der Waals surface area contributed by atoms with E-state index in [1.165, 1.54) is 40.9 Å². The predicted octanol–water partition coefficient (Wildman–Crippen LogP) is 8.55. The van der Waals surface area contributed by atoms with E-state index in [0.29, 0.717) is 0 Å².